The standard InChI is InChI=1S/C16H22N2O/c1-12(2)18-16(11-17)9-8-15(10-16)19-14-6-4-13(3)5-7-14/h4-7,12,15,18H,8-10H2,1-3H3. The summed E-state index contributed by atoms with van der Waals surface area (Å²) in [7, 11) is 0. The lowest BCUT2D eigenvalue weighted by Crippen LogP contribution is -2.46. The topological polar surface area (TPSA) is 45.0 Å². The average Bonchev–Trinajstić information content (AvgIpc) is 2.75. The van der Waals surface area contributed by atoms with E-state index in [2.05, 4.69) is 32.2 Å². The zero-order chi connectivity index (χ0) is 13.9. The van der Waals surface area contributed by atoms with Gasteiger partial charge in [0.1, 0.15) is 17.4 Å². The van der Waals surface area contributed by atoms with Gasteiger partial charge in [-0.2, -0.15) is 5.26 Å². The summed E-state index contributed by atoms with van der Waals surface area (Å²) in [5.74, 6) is 0.897. The first-order valence-electron chi connectivity index (χ1n) is 6.95. The lowest BCUT2D eigenvalue weighted by Gasteiger charge is -2.25. The van der Waals surface area contributed by atoms with Crippen LogP contribution in [-0.4, -0.2) is 17.7 Å². The van der Waals surface area contributed by atoms with Crippen molar-refractivity contribution in [3.05, 3.63) is 29.8 Å². The number of ether oxygens (including phenoxy) is 1. The molecule has 1 fully saturated rings. The fourth-order valence-corrected chi connectivity index (χ4v) is 2.73. The van der Waals surface area contributed by atoms with Gasteiger partial charge in [-0.25, -0.2) is 0 Å². The number of nitrogens with zero attached hydrogens (tertiary/aromatic N) is 1. The summed E-state index contributed by atoms with van der Waals surface area (Å²) in [4.78, 5) is 0. The van der Waals surface area contributed by atoms with Crippen LogP contribution in [0.4, 0.5) is 0 Å². The van der Waals surface area contributed by atoms with Gasteiger partial charge in [-0.15, -0.1) is 0 Å². The van der Waals surface area contributed by atoms with E-state index in [9.17, 15) is 5.26 Å². The number of aryl methyl sites for hydroxylation is 1. The summed E-state index contributed by atoms with van der Waals surface area (Å²) in [6, 6.07) is 10.9. The first kappa shape index (κ1) is 13.9. The Kier molecular flexibility index (Phi) is 4.11. The van der Waals surface area contributed by atoms with Gasteiger partial charge < -0.3 is 4.74 Å². The highest BCUT2D eigenvalue weighted by atomic mass is 16.5. The van der Waals surface area contributed by atoms with Gasteiger partial charge in [0.15, 0.2) is 0 Å². The van der Waals surface area contributed by atoms with Crippen molar-refractivity contribution in [1.82, 2.24) is 5.32 Å². The van der Waals surface area contributed by atoms with Gasteiger partial charge in [-0.05, 0) is 45.7 Å². The molecule has 2 unspecified atom stereocenters. The summed E-state index contributed by atoms with van der Waals surface area (Å²) in [5, 5.41) is 12.8. The molecule has 0 spiro atoms. The number of rotatable bonds is 4. The lowest BCUT2D eigenvalue weighted by atomic mass is 9.98. The van der Waals surface area contributed by atoms with Crippen LogP contribution >= 0.6 is 0 Å². The molecule has 2 atom stereocenters. The molecule has 1 aliphatic carbocycles. The molecular formula is C16H22N2O. The highest BCUT2D eigenvalue weighted by Gasteiger charge is 2.40. The largest absolute Gasteiger partial charge is 0.490 e. The third kappa shape index (κ3) is 3.48. The van der Waals surface area contributed by atoms with Gasteiger partial charge in [0.05, 0.1) is 6.07 Å². The van der Waals surface area contributed by atoms with Gasteiger partial charge >= 0.3 is 0 Å². The molecule has 1 saturated carbocycles. The average molecular weight is 258 g/mol. The second-order valence-corrected chi connectivity index (χ2v) is 5.79. The Balaban J connectivity index is 1.98. The van der Waals surface area contributed by atoms with Gasteiger partial charge in [-0.1, -0.05) is 17.7 Å². The van der Waals surface area contributed by atoms with E-state index in [1.807, 2.05) is 24.3 Å². The molecule has 0 saturated heterocycles. The van der Waals surface area contributed by atoms with Crippen LogP contribution in [0.15, 0.2) is 24.3 Å². The molecule has 1 aromatic rings. The maximum Gasteiger partial charge on any atom is 0.119 e. The molecule has 1 N–H and O–H groups in total. The van der Waals surface area contributed by atoms with Gasteiger partial charge in [0.2, 0.25) is 0 Å². The second-order valence-electron chi connectivity index (χ2n) is 5.79. The van der Waals surface area contributed by atoms with Crippen LogP contribution in [0.25, 0.3) is 0 Å². The second kappa shape index (κ2) is 5.63. The number of benzene rings is 1. The molecule has 0 aliphatic heterocycles. The van der Waals surface area contributed by atoms with Gasteiger partial charge in [-0.3, -0.25) is 5.32 Å². The Labute approximate surface area is 115 Å². The molecule has 3 heteroatoms. The van der Waals surface area contributed by atoms with Crippen LogP contribution in [0.3, 0.4) is 0 Å². The van der Waals surface area contributed by atoms with Crippen molar-refractivity contribution in [3.8, 4) is 11.8 Å². The summed E-state index contributed by atoms with van der Waals surface area (Å²) >= 11 is 0. The molecule has 0 bridgehead atoms. The van der Waals surface area contributed by atoms with Crippen LogP contribution in [0.5, 0.6) is 5.75 Å². The molecular weight excluding hydrogens is 236 g/mol. The van der Waals surface area contributed by atoms with Crippen molar-refractivity contribution in [2.24, 2.45) is 0 Å². The molecule has 3 nitrogen and oxygen atoms in total. The Bertz CT molecular complexity index is 461. The van der Waals surface area contributed by atoms with E-state index in [0.717, 1.165) is 25.0 Å². The minimum Gasteiger partial charge on any atom is -0.490 e. The highest BCUT2D eigenvalue weighted by Crippen LogP contribution is 2.32. The summed E-state index contributed by atoms with van der Waals surface area (Å²) < 4.78 is 5.98. The molecule has 0 amide bonds. The molecule has 0 heterocycles. The third-order valence-corrected chi connectivity index (χ3v) is 3.57. The smallest absolute Gasteiger partial charge is 0.119 e. The van der Waals surface area contributed by atoms with Crippen molar-refractivity contribution in [2.45, 2.75) is 57.7 Å². The quantitative estimate of drug-likeness (QED) is 0.902. The number of hydrogen-bond donors (Lipinski definition) is 1. The summed E-state index contributed by atoms with van der Waals surface area (Å²) in [5.41, 5.74) is 0.815. The van der Waals surface area contributed by atoms with Gasteiger partial charge in [0, 0.05) is 12.5 Å². The maximum absolute atomic E-state index is 9.42. The van der Waals surface area contributed by atoms with E-state index < -0.39 is 5.54 Å². The number of nitriles is 1. The monoisotopic (exact) mass is 258 g/mol. The molecule has 1 aromatic carbocycles. The van der Waals surface area contributed by atoms with Crippen LogP contribution in [-0.2, 0) is 0 Å². The van der Waals surface area contributed by atoms with Crippen LogP contribution < -0.4 is 10.1 Å². The van der Waals surface area contributed by atoms with E-state index >= 15 is 0 Å². The van der Waals surface area contributed by atoms with E-state index in [0.29, 0.717) is 6.04 Å². The van der Waals surface area contributed by atoms with Crippen molar-refractivity contribution in [2.75, 3.05) is 0 Å². The SMILES string of the molecule is Cc1ccc(OC2CCC(C#N)(NC(C)C)C2)cc1. The van der Waals surface area contributed by atoms with Gasteiger partial charge in [0.25, 0.3) is 0 Å². The molecule has 102 valence electrons. The molecule has 0 radical (unpaired) electrons. The first-order chi connectivity index (χ1) is 9.03. The van der Waals surface area contributed by atoms with E-state index in [-0.39, 0.29) is 6.10 Å². The fourth-order valence-electron chi connectivity index (χ4n) is 2.73. The number of hydrogen-bond acceptors (Lipinski definition) is 3. The predicted octanol–water partition coefficient (Wildman–Crippen LogP) is 3.19. The van der Waals surface area contributed by atoms with Crippen molar-refractivity contribution < 1.29 is 4.74 Å². The summed E-state index contributed by atoms with van der Waals surface area (Å²) in [6.07, 6.45) is 2.68. The van der Waals surface area contributed by atoms with E-state index in [1.165, 1.54) is 5.56 Å². The Morgan fingerprint density at radius 1 is 1.37 bits per heavy atom. The van der Waals surface area contributed by atoms with Crippen molar-refractivity contribution in [3.63, 3.8) is 0 Å². The minimum absolute atomic E-state index is 0.133. The molecule has 2 rings (SSSR count). The third-order valence-electron chi connectivity index (χ3n) is 3.57. The first-order valence-corrected chi connectivity index (χ1v) is 6.95. The van der Waals surface area contributed by atoms with Crippen LogP contribution in [0, 0.1) is 18.3 Å². The Morgan fingerprint density at radius 2 is 2.05 bits per heavy atom. The molecule has 1 aliphatic rings. The maximum atomic E-state index is 9.42. The zero-order valence-electron chi connectivity index (χ0n) is 11.9. The molecule has 19 heavy (non-hydrogen) atoms. The fraction of sp³-hybridized carbons (Fsp3) is 0.562. The summed E-state index contributed by atoms with van der Waals surface area (Å²) in [6.45, 7) is 6.22. The number of nitrogens with one attached hydrogen (secondary N) is 1. The van der Waals surface area contributed by atoms with E-state index in [4.69, 9.17) is 4.74 Å². The normalized spacial score (nSPS) is 26.4. The van der Waals surface area contributed by atoms with E-state index in [1.54, 1.807) is 0 Å². The predicted molar refractivity (Wildman–Crippen MR) is 76.1 cm³/mol. The lowest BCUT2D eigenvalue weighted by molar-refractivity contribution is 0.199. The van der Waals surface area contributed by atoms with Crippen LogP contribution in [0.1, 0.15) is 38.7 Å². The highest BCUT2D eigenvalue weighted by molar-refractivity contribution is 5.27. The Hall–Kier alpha value is -1.53. The van der Waals surface area contributed by atoms with Crippen LogP contribution in [0.2, 0.25) is 0 Å². The van der Waals surface area contributed by atoms with Crippen molar-refractivity contribution in [1.29, 1.82) is 5.26 Å². The van der Waals surface area contributed by atoms with Crippen molar-refractivity contribution >= 4 is 0 Å². The Morgan fingerprint density at radius 3 is 2.63 bits per heavy atom. The molecule has 0 aromatic heterocycles. The zero-order valence-corrected chi connectivity index (χ0v) is 11.9. The minimum atomic E-state index is -0.413.